The van der Waals surface area contributed by atoms with Gasteiger partial charge in [-0.1, -0.05) is 11.6 Å². The van der Waals surface area contributed by atoms with Gasteiger partial charge in [0.2, 0.25) is 0 Å². The van der Waals surface area contributed by atoms with E-state index in [1.54, 1.807) is 13.0 Å². The number of ether oxygens (including phenoxy) is 1. The van der Waals surface area contributed by atoms with Crippen LogP contribution in [0, 0.1) is 17.1 Å². The lowest BCUT2D eigenvalue weighted by Gasteiger charge is -2.07. The van der Waals surface area contributed by atoms with E-state index in [9.17, 15) is 4.39 Å². The van der Waals surface area contributed by atoms with E-state index in [1.165, 1.54) is 6.07 Å². The Morgan fingerprint density at radius 2 is 2.29 bits per heavy atom. The molecule has 0 N–H and O–H groups in total. The quantitative estimate of drug-likeness (QED) is 0.774. The predicted octanol–water partition coefficient (Wildman–Crippen LogP) is 2.94. The van der Waals surface area contributed by atoms with Crippen molar-refractivity contribution in [3.05, 3.63) is 28.5 Å². The summed E-state index contributed by atoms with van der Waals surface area (Å²) in [5, 5.41) is 8.63. The summed E-state index contributed by atoms with van der Waals surface area (Å²) < 4.78 is 18.3. The van der Waals surface area contributed by atoms with Crippen molar-refractivity contribution in [2.45, 2.75) is 13.3 Å². The van der Waals surface area contributed by atoms with Gasteiger partial charge in [-0.2, -0.15) is 5.26 Å². The summed E-state index contributed by atoms with van der Waals surface area (Å²) >= 11 is 5.77. The van der Waals surface area contributed by atoms with Crippen molar-refractivity contribution < 1.29 is 9.13 Å². The van der Waals surface area contributed by atoms with E-state index < -0.39 is 5.82 Å². The fraction of sp³-hybridized carbons (Fsp3) is 0.300. The Hall–Kier alpha value is -1.27. The van der Waals surface area contributed by atoms with Crippen molar-refractivity contribution in [3.63, 3.8) is 0 Å². The second-order valence-corrected chi connectivity index (χ2v) is 3.06. The van der Waals surface area contributed by atoms with Crippen LogP contribution < -0.4 is 4.74 Å². The maximum atomic E-state index is 13.3. The van der Waals surface area contributed by atoms with Crippen LogP contribution in [0.1, 0.15) is 12.5 Å². The Labute approximate surface area is 86.9 Å². The smallest absolute Gasteiger partial charge is 0.173 e. The lowest BCUT2D eigenvalue weighted by atomic mass is 10.1. The average molecular weight is 214 g/mol. The van der Waals surface area contributed by atoms with Crippen molar-refractivity contribution in [1.29, 1.82) is 5.26 Å². The van der Waals surface area contributed by atoms with Crippen LogP contribution in [0.5, 0.6) is 5.75 Å². The molecule has 4 heteroatoms. The zero-order valence-corrected chi connectivity index (χ0v) is 8.44. The van der Waals surface area contributed by atoms with Crippen molar-refractivity contribution in [1.82, 2.24) is 0 Å². The first kappa shape index (κ1) is 10.8. The number of hydrogen-bond donors (Lipinski definition) is 0. The fourth-order valence-electron chi connectivity index (χ4n) is 1.09. The molecular formula is C10H9ClFNO. The number of nitrogens with zero attached hydrogens (tertiary/aromatic N) is 1. The lowest BCUT2D eigenvalue weighted by molar-refractivity contribution is 0.321. The first-order valence-electron chi connectivity index (χ1n) is 4.16. The number of hydrogen-bond acceptors (Lipinski definition) is 2. The first-order valence-corrected chi connectivity index (χ1v) is 4.54. The minimum absolute atomic E-state index is 0.0517. The minimum Gasteiger partial charge on any atom is -0.489 e. The van der Waals surface area contributed by atoms with Gasteiger partial charge in [-0.3, -0.25) is 0 Å². The molecule has 1 aromatic rings. The zero-order valence-electron chi connectivity index (χ0n) is 7.68. The highest BCUT2D eigenvalue weighted by Gasteiger charge is 2.10. The summed E-state index contributed by atoms with van der Waals surface area (Å²) in [6.45, 7) is 2.10. The van der Waals surface area contributed by atoms with Gasteiger partial charge in [-0.15, -0.1) is 0 Å². The van der Waals surface area contributed by atoms with E-state index >= 15 is 0 Å². The number of rotatable bonds is 3. The summed E-state index contributed by atoms with van der Waals surface area (Å²) in [5.74, 6) is -0.472. The number of halogens is 2. The molecule has 14 heavy (non-hydrogen) atoms. The molecule has 0 spiro atoms. The molecule has 0 fully saturated rings. The van der Waals surface area contributed by atoms with Crippen LogP contribution >= 0.6 is 11.6 Å². The molecule has 1 rings (SSSR count). The van der Waals surface area contributed by atoms with Crippen LogP contribution in [0.3, 0.4) is 0 Å². The van der Waals surface area contributed by atoms with Crippen molar-refractivity contribution in [2.75, 3.05) is 6.61 Å². The molecule has 0 aromatic heterocycles. The fourth-order valence-corrected chi connectivity index (χ4v) is 1.37. The minimum atomic E-state index is -0.524. The molecule has 0 aliphatic rings. The van der Waals surface area contributed by atoms with Crippen LogP contribution in [0.4, 0.5) is 4.39 Å². The summed E-state index contributed by atoms with van der Waals surface area (Å²) in [7, 11) is 0. The maximum absolute atomic E-state index is 13.3. The SMILES string of the molecule is CCOc1c(F)cc(CC#N)cc1Cl. The lowest BCUT2D eigenvalue weighted by Crippen LogP contribution is -1.97. The second kappa shape index (κ2) is 4.83. The Morgan fingerprint density at radius 1 is 1.57 bits per heavy atom. The van der Waals surface area contributed by atoms with E-state index in [0.29, 0.717) is 12.2 Å². The Morgan fingerprint density at radius 3 is 2.79 bits per heavy atom. The third-order valence-corrected chi connectivity index (χ3v) is 1.91. The molecule has 2 nitrogen and oxygen atoms in total. The topological polar surface area (TPSA) is 33.0 Å². The Balaban J connectivity index is 3.06. The predicted molar refractivity (Wildman–Crippen MR) is 51.9 cm³/mol. The van der Waals surface area contributed by atoms with Crippen molar-refractivity contribution in [3.8, 4) is 11.8 Å². The van der Waals surface area contributed by atoms with E-state index in [0.717, 1.165) is 0 Å². The Bertz CT molecular complexity index is 350. The average Bonchev–Trinajstić information content (AvgIpc) is 2.12. The van der Waals surface area contributed by atoms with E-state index in [1.807, 2.05) is 6.07 Å². The summed E-state index contributed by atoms with van der Waals surface area (Å²) in [4.78, 5) is 0. The van der Waals surface area contributed by atoms with Gasteiger partial charge >= 0.3 is 0 Å². The zero-order chi connectivity index (χ0) is 10.6. The normalized spacial score (nSPS) is 9.57. The molecule has 0 unspecified atom stereocenters. The van der Waals surface area contributed by atoms with Crippen LogP contribution in [0.2, 0.25) is 5.02 Å². The summed E-state index contributed by atoms with van der Waals surface area (Å²) in [6, 6.07) is 4.73. The molecular weight excluding hydrogens is 205 g/mol. The van der Waals surface area contributed by atoms with Crippen molar-refractivity contribution in [2.24, 2.45) is 0 Å². The molecule has 0 saturated carbocycles. The van der Waals surface area contributed by atoms with E-state index in [4.69, 9.17) is 21.6 Å². The molecule has 0 bridgehead atoms. The maximum Gasteiger partial charge on any atom is 0.173 e. The third kappa shape index (κ3) is 2.36. The van der Waals surface area contributed by atoms with Crippen LogP contribution in [0.15, 0.2) is 12.1 Å². The van der Waals surface area contributed by atoms with Gasteiger partial charge < -0.3 is 4.74 Å². The molecule has 0 aliphatic carbocycles. The summed E-state index contributed by atoms with van der Waals surface area (Å²) in [6.07, 6.45) is 0.142. The van der Waals surface area contributed by atoms with Crippen LogP contribution in [-0.2, 0) is 6.42 Å². The third-order valence-electron chi connectivity index (χ3n) is 1.63. The largest absolute Gasteiger partial charge is 0.489 e. The van der Waals surface area contributed by atoms with Gasteiger partial charge in [0.25, 0.3) is 0 Å². The van der Waals surface area contributed by atoms with Gasteiger partial charge in [0.15, 0.2) is 11.6 Å². The molecule has 74 valence electrons. The standard InChI is InChI=1S/C10H9ClFNO/c1-2-14-10-8(11)5-7(3-4-13)6-9(10)12/h5-6H,2-3H2,1H3. The van der Waals surface area contributed by atoms with E-state index in [2.05, 4.69) is 0 Å². The van der Waals surface area contributed by atoms with Gasteiger partial charge in [0.05, 0.1) is 24.1 Å². The molecule has 1 aromatic carbocycles. The summed E-state index contributed by atoms with van der Waals surface area (Å²) in [5.41, 5.74) is 0.554. The molecule has 0 amide bonds. The molecule has 0 heterocycles. The highest BCUT2D eigenvalue weighted by atomic mass is 35.5. The van der Waals surface area contributed by atoms with Gasteiger partial charge in [-0.05, 0) is 24.6 Å². The second-order valence-electron chi connectivity index (χ2n) is 2.66. The van der Waals surface area contributed by atoms with Gasteiger partial charge in [0.1, 0.15) is 0 Å². The molecule has 0 saturated heterocycles. The highest BCUT2D eigenvalue weighted by Crippen LogP contribution is 2.29. The molecule has 0 atom stereocenters. The number of benzene rings is 1. The van der Waals surface area contributed by atoms with Gasteiger partial charge in [-0.25, -0.2) is 4.39 Å². The highest BCUT2D eigenvalue weighted by molar-refractivity contribution is 6.32. The Kier molecular flexibility index (Phi) is 3.73. The number of nitriles is 1. The monoisotopic (exact) mass is 213 g/mol. The van der Waals surface area contributed by atoms with Gasteiger partial charge in [0, 0.05) is 0 Å². The van der Waals surface area contributed by atoms with E-state index in [-0.39, 0.29) is 17.2 Å². The van der Waals surface area contributed by atoms with Crippen LogP contribution in [0.25, 0.3) is 0 Å². The first-order chi connectivity index (χ1) is 6.69. The molecule has 0 radical (unpaired) electrons. The van der Waals surface area contributed by atoms with Crippen molar-refractivity contribution >= 4 is 11.6 Å². The molecule has 0 aliphatic heterocycles. The van der Waals surface area contributed by atoms with Crippen LogP contribution in [-0.4, -0.2) is 6.61 Å².